The van der Waals surface area contributed by atoms with E-state index >= 15 is 0 Å². The first-order valence-corrected chi connectivity index (χ1v) is 12.0. The van der Waals surface area contributed by atoms with Gasteiger partial charge in [-0.3, -0.25) is 4.79 Å². The van der Waals surface area contributed by atoms with Crippen LogP contribution in [-0.4, -0.2) is 44.4 Å². The van der Waals surface area contributed by atoms with Gasteiger partial charge in [-0.25, -0.2) is 0 Å². The molecule has 0 unspecified atom stereocenters. The molecule has 3 aromatic rings. The Kier molecular flexibility index (Phi) is 6.35. The molecule has 1 aliphatic heterocycles. The quantitative estimate of drug-likeness (QED) is 0.511. The number of fused-ring (bicyclic) bond motifs is 1. The average molecular weight is 436 g/mol. The van der Waals surface area contributed by atoms with Crippen molar-refractivity contribution < 1.29 is 4.79 Å². The van der Waals surface area contributed by atoms with Crippen LogP contribution in [0.25, 0.3) is 10.1 Å². The molecule has 1 aromatic heterocycles. The van der Waals surface area contributed by atoms with Gasteiger partial charge in [0.05, 0.1) is 5.00 Å². The van der Waals surface area contributed by atoms with E-state index in [-0.39, 0.29) is 5.78 Å². The Morgan fingerprint density at radius 1 is 1.10 bits per heavy atom. The molecule has 1 fully saturated rings. The largest absolute Gasteiger partial charge is 0.390 e. The highest BCUT2D eigenvalue weighted by Crippen LogP contribution is 2.42. The van der Waals surface area contributed by atoms with Crippen LogP contribution in [0, 0.1) is 5.92 Å². The fourth-order valence-corrected chi connectivity index (χ4v) is 5.73. The first-order valence-electron chi connectivity index (χ1n) is 11.2. The molecule has 31 heavy (non-hydrogen) atoms. The van der Waals surface area contributed by atoms with Crippen LogP contribution in [0.4, 0.5) is 10.7 Å². The predicted molar refractivity (Wildman–Crippen MR) is 134 cm³/mol. The number of nitrogens with two attached hydrogens (primary N) is 1. The summed E-state index contributed by atoms with van der Waals surface area (Å²) >= 11 is 1.65. The molecule has 5 heteroatoms. The van der Waals surface area contributed by atoms with Gasteiger partial charge in [0, 0.05) is 42.2 Å². The van der Waals surface area contributed by atoms with E-state index in [9.17, 15) is 4.79 Å². The van der Waals surface area contributed by atoms with Crippen molar-refractivity contribution in [3.8, 4) is 0 Å². The van der Waals surface area contributed by atoms with Crippen molar-refractivity contribution >= 4 is 37.9 Å². The van der Waals surface area contributed by atoms with E-state index in [2.05, 4.69) is 30.9 Å². The van der Waals surface area contributed by atoms with E-state index in [0.717, 1.165) is 54.3 Å². The molecule has 0 spiro atoms. The Morgan fingerprint density at radius 3 is 2.35 bits per heavy atom. The van der Waals surface area contributed by atoms with Crippen molar-refractivity contribution in [2.24, 2.45) is 5.92 Å². The lowest BCUT2D eigenvalue weighted by Crippen LogP contribution is -2.35. The lowest BCUT2D eigenvalue weighted by Gasteiger charge is -2.33. The lowest BCUT2D eigenvalue weighted by molar-refractivity contribution is 0.103. The normalized spacial score (nSPS) is 15.6. The number of rotatable bonds is 6. The van der Waals surface area contributed by atoms with Gasteiger partial charge in [0.15, 0.2) is 5.78 Å². The number of carbonyl (C=O) groups excluding carboxylic acids is 1. The van der Waals surface area contributed by atoms with E-state index in [1.54, 1.807) is 11.3 Å². The van der Waals surface area contributed by atoms with Crippen LogP contribution in [0.2, 0.25) is 0 Å². The van der Waals surface area contributed by atoms with Crippen LogP contribution in [0.1, 0.15) is 54.1 Å². The maximum Gasteiger partial charge on any atom is 0.193 e. The highest BCUT2D eigenvalue weighted by atomic mass is 32.1. The van der Waals surface area contributed by atoms with Crippen molar-refractivity contribution in [3.05, 3.63) is 59.2 Å². The second-order valence-electron chi connectivity index (χ2n) is 9.33. The summed E-state index contributed by atoms with van der Waals surface area (Å²) in [7, 11) is 4.00. The molecule has 0 bridgehead atoms. The van der Waals surface area contributed by atoms with Crippen LogP contribution in [0.15, 0.2) is 42.5 Å². The Hall–Kier alpha value is -2.37. The summed E-state index contributed by atoms with van der Waals surface area (Å²) in [6.07, 6.45) is 2.26. The zero-order valence-electron chi connectivity index (χ0n) is 19.0. The van der Waals surface area contributed by atoms with Gasteiger partial charge < -0.3 is 15.5 Å². The number of nitrogen functional groups attached to an aromatic ring is 1. The minimum absolute atomic E-state index is 0.0645. The summed E-state index contributed by atoms with van der Waals surface area (Å²) in [4.78, 5) is 17.8. The molecule has 4 nitrogen and oxygen atoms in total. The molecule has 0 amide bonds. The van der Waals surface area contributed by atoms with Gasteiger partial charge in [0.25, 0.3) is 0 Å². The number of hydrogen-bond donors (Lipinski definition) is 1. The molecule has 0 saturated carbocycles. The van der Waals surface area contributed by atoms with Crippen LogP contribution in [-0.2, 0) is 0 Å². The van der Waals surface area contributed by atoms with Crippen molar-refractivity contribution in [2.45, 2.75) is 32.6 Å². The Balaban J connectivity index is 1.60. The topological polar surface area (TPSA) is 49.6 Å². The summed E-state index contributed by atoms with van der Waals surface area (Å²) in [5, 5.41) is 2.08. The molecule has 0 radical (unpaired) electrons. The van der Waals surface area contributed by atoms with Gasteiger partial charge in [-0.1, -0.05) is 13.8 Å². The van der Waals surface area contributed by atoms with Gasteiger partial charge in [0.2, 0.25) is 0 Å². The van der Waals surface area contributed by atoms with Crippen LogP contribution < -0.4 is 10.6 Å². The fourth-order valence-electron chi connectivity index (χ4n) is 4.70. The Labute approximate surface area is 189 Å². The zero-order chi connectivity index (χ0) is 22.1. The number of hydrogen-bond acceptors (Lipinski definition) is 5. The van der Waals surface area contributed by atoms with E-state index in [0.29, 0.717) is 11.8 Å². The van der Waals surface area contributed by atoms with Gasteiger partial charge in [-0.15, -0.1) is 11.3 Å². The van der Waals surface area contributed by atoms with Crippen molar-refractivity contribution in [1.82, 2.24) is 4.90 Å². The first-order chi connectivity index (χ1) is 14.8. The number of thiophene rings is 1. The molecule has 4 rings (SSSR count). The maximum absolute atomic E-state index is 13.2. The molecule has 164 valence electrons. The van der Waals surface area contributed by atoms with Crippen molar-refractivity contribution in [3.63, 3.8) is 0 Å². The molecule has 1 saturated heterocycles. The Morgan fingerprint density at radius 2 is 1.74 bits per heavy atom. The summed E-state index contributed by atoms with van der Waals surface area (Å²) in [6, 6.07) is 13.9. The number of anilines is 2. The molecular weight excluding hydrogens is 402 g/mol. The summed E-state index contributed by atoms with van der Waals surface area (Å²) in [6.45, 7) is 7.97. The second kappa shape index (κ2) is 9.01. The number of carbonyl (C=O) groups is 1. The highest BCUT2D eigenvalue weighted by Gasteiger charge is 2.26. The number of piperidine rings is 1. The second-order valence-corrected chi connectivity index (χ2v) is 10.4. The summed E-state index contributed by atoms with van der Waals surface area (Å²) in [5.74, 6) is 1.24. The van der Waals surface area contributed by atoms with Crippen LogP contribution in [0.5, 0.6) is 0 Å². The summed E-state index contributed by atoms with van der Waals surface area (Å²) < 4.78 is 1.18. The van der Waals surface area contributed by atoms with Gasteiger partial charge >= 0.3 is 0 Å². The van der Waals surface area contributed by atoms with Gasteiger partial charge in [0.1, 0.15) is 0 Å². The monoisotopic (exact) mass is 435 g/mol. The molecule has 0 atom stereocenters. The maximum atomic E-state index is 13.2. The van der Waals surface area contributed by atoms with E-state index in [1.165, 1.54) is 15.6 Å². The minimum Gasteiger partial charge on any atom is -0.390 e. The lowest BCUT2D eigenvalue weighted by atomic mass is 9.87. The fraction of sp³-hybridized carbons (Fsp3) is 0.423. The number of ketones is 1. The van der Waals surface area contributed by atoms with Crippen LogP contribution >= 0.6 is 11.3 Å². The van der Waals surface area contributed by atoms with E-state index in [1.807, 2.05) is 49.3 Å². The molecule has 1 aliphatic rings. The van der Waals surface area contributed by atoms with Crippen molar-refractivity contribution in [1.29, 1.82) is 0 Å². The van der Waals surface area contributed by atoms with Crippen LogP contribution in [0.3, 0.4) is 0 Å². The van der Waals surface area contributed by atoms with E-state index < -0.39 is 0 Å². The third-order valence-corrected chi connectivity index (χ3v) is 7.30. The average Bonchev–Trinajstić information content (AvgIpc) is 3.08. The Bertz CT molecular complexity index is 1060. The minimum atomic E-state index is 0.0645. The highest BCUT2D eigenvalue weighted by molar-refractivity contribution is 7.22. The van der Waals surface area contributed by atoms with Gasteiger partial charge in [-0.05, 0) is 91.2 Å². The molecule has 2 aromatic carbocycles. The smallest absolute Gasteiger partial charge is 0.193 e. The number of likely N-dealkylation sites (tertiary alicyclic amines) is 1. The third-order valence-electron chi connectivity index (χ3n) is 6.28. The van der Waals surface area contributed by atoms with Crippen molar-refractivity contribution in [2.75, 3.05) is 44.4 Å². The zero-order valence-corrected chi connectivity index (χ0v) is 19.8. The summed E-state index contributed by atoms with van der Waals surface area (Å²) in [5.41, 5.74) is 10.3. The third kappa shape index (κ3) is 4.63. The first kappa shape index (κ1) is 21.8. The standard InChI is InChI=1S/C26H33N3OS/c1-17(2)16-29-13-11-18(12-14-29)24-22-15-20(7-10-23(22)31-26(24)27)25(30)19-5-8-21(9-6-19)28(3)4/h5-10,15,17-18H,11-14,16,27H2,1-4H3. The number of nitrogens with zero attached hydrogens (tertiary/aromatic N) is 2. The molecular formula is C26H33N3OS. The predicted octanol–water partition coefficient (Wildman–Crippen LogP) is 5.62. The molecule has 2 heterocycles. The molecule has 2 N–H and O–H groups in total. The molecule has 0 aliphatic carbocycles. The SMILES string of the molecule is CC(C)CN1CCC(c2c(N)sc3ccc(C(=O)c4ccc(N(C)C)cc4)cc23)CC1. The van der Waals surface area contributed by atoms with E-state index in [4.69, 9.17) is 5.73 Å². The number of benzene rings is 2. The van der Waals surface area contributed by atoms with Gasteiger partial charge in [-0.2, -0.15) is 0 Å².